The smallest absolute Gasteiger partial charge is 0.244 e. The summed E-state index contributed by atoms with van der Waals surface area (Å²) in [6, 6.07) is 14.8. The quantitative estimate of drug-likeness (QED) is 0.660. The number of ether oxygens (including phenoxy) is 1. The second-order valence-electron chi connectivity index (χ2n) is 6.76. The average molecular weight is 380 g/mol. The molecule has 0 saturated heterocycles. The fourth-order valence-electron chi connectivity index (χ4n) is 2.85. The molecule has 2 amide bonds. The van der Waals surface area contributed by atoms with E-state index in [1.807, 2.05) is 54.8 Å². The predicted octanol–water partition coefficient (Wildman–Crippen LogP) is 2.96. The number of fused-ring (bicyclic) bond motifs is 1. The largest absolute Gasteiger partial charge is 0.497 e. The summed E-state index contributed by atoms with van der Waals surface area (Å²) < 4.78 is 7.01. The summed E-state index contributed by atoms with van der Waals surface area (Å²) in [4.78, 5) is 29.1. The van der Waals surface area contributed by atoms with Crippen LogP contribution in [0.1, 0.15) is 19.7 Å². The van der Waals surface area contributed by atoms with E-state index in [0.29, 0.717) is 17.3 Å². The van der Waals surface area contributed by atoms with Gasteiger partial charge in [0.1, 0.15) is 18.1 Å². The van der Waals surface area contributed by atoms with Crippen LogP contribution in [0.2, 0.25) is 0 Å². The van der Waals surface area contributed by atoms with Crippen molar-refractivity contribution >= 4 is 28.5 Å². The number of rotatable bonds is 7. The van der Waals surface area contributed by atoms with Crippen molar-refractivity contribution in [3.05, 3.63) is 54.4 Å². The fraction of sp³-hybridized carbons (Fsp3) is 0.286. The molecule has 0 saturated carbocycles. The Hall–Kier alpha value is -3.35. The molecule has 28 heavy (non-hydrogen) atoms. The zero-order chi connectivity index (χ0) is 20.1. The third-order valence-electron chi connectivity index (χ3n) is 4.33. The Morgan fingerprint density at radius 3 is 2.68 bits per heavy atom. The summed E-state index contributed by atoms with van der Waals surface area (Å²) in [5, 5.41) is 5.74. The van der Waals surface area contributed by atoms with Gasteiger partial charge in [-0.05, 0) is 24.3 Å². The van der Waals surface area contributed by atoms with Crippen LogP contribution in [0.5, 0.6) is 5.75 Å². The number of nitrogens with one attached hydrogen (secondary N) is 2. The molecular weight excluding hydrogens is 356 g/mol. The molecule has 7 heteroatoms. The lowest BCUT2D eigenvalue weighted by Gasteiger charge is -2.12. The van der Waals surface area contributed by atoms with Crippen molar-refractivity contribution in [2.45, 2.75) is 26.9 Å². The zero-order valence-electron chi connectivity index (χ0n) is 16.2. The SMILES string of the molecule is COc1cccc(NC(=O)Cn2c(CNC(=O)C(C)C)nc3ccccc32)c1. The summed E-state index contributed by atoms with van der Waals surface area (Å²) in [5.41, 5.74) is 2.28. The van der Waals surface area contributed by atoms with Gasteiger partial charge >= 0.3 is 0 Å². The first-order valence-corrected chi connectivity index (χ1v) is 9.13. The van der Waals surface area contributed by atoms with E-state index in [2.05, 4.69) is 15.6 Å². The van der Waals surface area contributed by atoms with Crippen molar-refractivity contribution in [3.8, 4) is 5.75 Å². The number of amides is 2. The minimum absolute atomic E-state index is 0.0561. The molecule has 0 aliphatic rings. The van der Waals surface area contributed by atoms with Gasteiger partial charge in [0.05, 0.1) is 24.7 Å². The lowest BCUT2D eigenvalue weighted by atomic mass is 10.2. The standard InChI is InChI=1S/C21H24N4O3/c1-14(2)21(27)22-12-19-24-17-9-4-5-10-18(17)25(19)13-20(26)23-15-7-6-8-16(11-15)28-3/h4-11,14H,12-13H2,1-3H3,(H,22,27)(H,23,26). The molecular formula is C21H24N4O3. The van der Waals surface area contributed by atoms with Crippen LogP contribution in [0.25, 0.3) is 11.0 Å². The number of hydrogen-bond donors (Lipinski definition) is 2. The molecule has 7 nitrogen and oxygen atoms in total. The van der Waals surface area contributed by atoms with Crippen LogP contribution in [-0.2, 0) is 22.7 Å². The molecule has 0 spiro atoms. The van der Waals surface area contributed by atoms with Crippen LogP contribution >= 0.6 is 0 Å². The monoisotopic (exact) mass is 380 g/mol. The van der Waals surface area contributed by atoms with E-state index >= 15 is 0 Å². The summed E-state index contributed by atoms with van der Waals surface area (Å²) >= 11 is 0. The highest BCUT2D eigenvalue weighted by Gasteiger charge is 2.15. The zero-order valence-corrected chi connectivity index (χ0v) is 16.2. The van der Waals surface area contributed by atoms with Crippen LogP contribution in [0.15, 0.2) is 48.5 Å². The molecule has 0 unspecified atom stereocenters. The van der Waals surface area contributed by atoms with Gasteiger partial charge in [0, 0.05) is 17.7 Å². The van der Waals surface area contributed by atoms with E-state index in [0.717, 1.165) is 11.0 Å². The number of para-hydroxylation sites is 2. The summed E-state index contributed by atoms with van der Waals surface area (Å²) in [7, 11) is 1.58. The Kier molecular flexibility index (Phi) is 5.93. The maximum atomic E-state index is 12.6. The molecule has 0 aliphatic heterocycles. The first kappa shape index (κ1) is 19.4. The van der Waals surface area contributed by atoms with Crippen LogP contribution in [-0.4, -0.2) is 28.5 Å². The first-order valence-electron chi connectivity index (χ1n) is 9.13. The Labute approximate surface area is 163 Å². The number of carbonyl (C=O) groups excluding carboxylic acids is 2. The number of carbonyl (C=O) groups is 2. The van der Waals surface area contributed by atoms with Crippen molar-refractivity contribution < 1.29 is 14.3 Å². The third kappa shape index (κ3) is 4.49. The Bertz CT molecular complexity index is 994. The lowest BCUT2D eigenvalue weighted by molar-refractivity contribution is -0.124. The van der Waals surface area contributed by atoms with Crippen LogP contribution in [0.3, 0.4) is 0 Å². The van der Waals surface area contributed by atoms with E-state index in [1.165, 1.54) is 0 Å². The van der Waals surface area contributed by atoms with E-state index in [-0.39, 0.29) is 30.8 Å². The van der Waals surface area contributed by atoms with Crippen molar-refractivity contribution in [2.75, 3.05) is 12.4 Å². The maximum Gasteiger partial charge on any atom is 0.244 e. The molecule has 2 aromatic carbocycles. The number of methoxy groups -OCH3 is 1. The molecule has 146 valence electrons. The molecule has 0 radical (unpaired) electrons. The second-order valence-corrected chi connectivity index (χ2v) is 6.76. The fourth-order valence-corrected chi connectivity index (χ4v) is 2.85. The van der Waals surface area contributed by atoms with Crippen LogP contribution in [0.4, 0.5) is 5.69 Å². The summed E-state index contributed by atoms with van der Waals surface area (Å²) in [5.74, 6) is 0.945. The van der Waals surface area contributed by atoms with Gasteiger partial charge in [-0.15, -0.1) is 0 Å². The average Bonchev–Trinajstić information content (AvgIpc) is 3.03. The number of hydrogen-bond acceptors (Lipinski definition) is 4. The van der Waals surface area contributed by atoms with Crippen LogP contribution in [0, 0.1) is 5.92 Å². The molecule has 0 aliphatic carbocycles. The van der Waals surface area contributed by atoms with Gasteiger partial charge in [-0.2, -0.15) is 0 Å². The number of anilines is 1. The highest BCUT2D eigenvalue weighted by molar-refractivity contribution is 5.92. The molecule has 1 heterocycles. The molecule has 0 bridgehead atoms. The minimum atomic E-state index is -0.187. The topological polar surface area (TPSA) is 85.2 Å². The highest BCUT2D eigenvalue weighted by Crippen LogP contribution is 2.19. The van der Waals surface area contributed by atoms with Crippen molar-refractivity contribution in [1.29, 1.82) is 0 Å². The van der Waals surface area contributed by atoms with Gasteiger partial charge in [0.2, 0.25) is 11.8 Å². The normalized spacial score (nSPS) is 10.9. The van der Waals surface area contributed by atoms with Gasteiger partial charge in [0.15, 0.2) is 0 Å². The first-order chi connectivity index (χ1) is 13.5. The number of nitrogens with zero attached hydrogens (tertiary/aromatic N) is 2. The van der Waals surface area contributed by atoms with Gasteiger partial charge in [0.25, 0.3) is 0 Å². The van der Waals surface area contributed by atoms with Crippen molar-refractivity contribution in [3.63, 3.8) is 0 Å². The van der Waals surface area contributed by atoms with Gasteiger partial charge in [-0.1, -0.05) is 32.0 Å². The predicted molar refractivity (Wildman–Crippen MR) is 108 cm³/mol. The summed E-state index contributed by atoms with van der Waals surface area (Å²) in [6.07, 6.45) is 0. The van der Waals surface area contributed by atoms with Gasteiger partial charge < -0.3 is 19.9 Å². The lowest BCUT2D eigenvalue weighted by Crippen LogP contribution is -2.29. The second kappa shape index (κ2) is 8.56. The number of imidazole rings is 1. The van der Waals surface area contributed by atoms with Gasteiger partial charge in [-0.25, -0.2) is 4.98 Å². The maximum absolute atomic E-state index is 12.6. The van der Waals surface area contributed by atoms with Crippen LogP contribution < -0.4 is 15.4 Å². The van der Waals surface area contributed by atoms with Crippen molar-refractivity contribution in [1.82, 2.24) is 14.9 Å². The van der Waals surface area contributed by atoms with E-state index in [4.69, 9.17) is 4.74 Å². The molecule has 1 aromatic heterocycles. The Morgan fingerprint density at radius 2 is 1.93 bits per heavy atom. The Morgan fingerprint density at radius 1 is 1.14 bits per heavy atom. The third-order valence-corrected chi connectivity index (χ3v) is 4.33. The number of aromatic nitrogens is 2. The van der Waals surface area contributed by atoms with Crippen molar-refractivity contribution in [2.24, 2.45) is 5.92 Å². The minimum Gasteiger partial charge on any atom is -0.497 e. The van der Waals surface area contributed by atoms with E-state index < -0.39 is 0 Å². The molecule has 2 N–H and O–H groups in total. The molecule has 3 rings (SSSR count). The van der Waals surface area contributed by atoms with E-state index in [1.54, 1.807) is 19.2 Å². The summed E-state index contributed by atoms with van der Waals surface area (Å²) in [6.45, 7) is 4.02. The molecule has 0 fully saturated rings. The molecule has 0 atom stereocenters. The molecule has 3 aromatic rings. The Balaban J connectivity index is 1.81. The highest BCUT2D eigenvalue weighted by atomic mass is 16.5. The van der Waals surface area contributed by atoms with E-state index in [9.17, 15) is 9.59 Å². The number of benzene rings is 2. The van der Waals surface area contributed by atoms with Gasteiger partial charge in [-0.3, -0.25) is 9.59 Å².